The molecule has 0 aliphatic heterocycles. The minimum absolute atomic E-state index is 0.0697. The fraction of sp³-hybridized carbons (Fsp3) is 0.314. The highest BCUT2D eigenvalue weighted by Gasteiger charge is 2.46. The Bertz CT molecular complexity index is 1240. The maximum atomic E-state index is 11.4. The Kier molecular flexibility index (Phi) is 10.5. The van der Waals surface area contributed by atoms with Crippen LogP contribution in [0.2, 0.25) is 0 Å². The monoisotopic (exact) mass is 538 g/mol. The topological polar surface area (TPSA) is 57.2 Å². The lowest BCUT2D eigenvalue weighted by Gasteiger charge is -2.44. The van der Waals surface area contributed by atoms with E-state index in [0.717, 1.165) is 22.3 Å². The summed E-state index contributed by atoms with van der Waals surface area (Å²) < 4.78 is 25.8. The van der Waals surface area contributed by atoms with E-state index in [0.29, 0.717) is 39.5 Å². The first kappa shape index (κ1) is 28.2. The molecule has 40 heavy (non-hydrogen) atoms. The van der Waals surface area contributed by atoms with Crippen LogP contribution in [0.15, 0.2) is 121 Å². The maximum Gasteiger partial charge on any atom is 0.113 e. The fourth-order valence-electron chi connectivity index (χ4n) is 5.24. The number of aliphatic hydroxyl groups excluding tert-OH is 1. The zero-order valence-electron chi connectivity index (χ0n) is 22.8. The Balaban J connectivity index is 1.36. The zero-order chi connectivity index (χ0) is 27.4. The van der Waals surface area contributed by atoms with Gasteiger partial charge in [0.2, 0.25) is 0 Å². The van der Waals surface area contributed by atoms with Crippen molar-refractivity contribution in [3.8, 4) is 0 Å². The molecule has 1 N–H and O–H groups in total. The third-order valence-electron chi connectivity index (χ3n) is 7.33. The summed E-state index contributed by atoms with van der Waals surface area (Å²) in [7, 11) is 0. The van der Waals surface area contributed by atoms with Gasteiger partial charge in [-0.25, -0.2) is 0 Å². The molecule has 0 amide bonds. The quantitative estimate of drug-likeness (QED) is 0.215. The second-order valence-corrected chi connectivity index (χ2v) is 10.3. The average molecular weight is 539 g/mol. The molecule has 1 aliphatic rings. The summed E-state index contributed by atoms with van der Waals surface area (Å²) in [4.78, 5) is 0. The minimum atomic E-state index is -0.716. The summed E-state index contributed by atoms with van der Waals surface area (Å²) in [6, 6.07) is 40.4. The molecule has 1 aliphatic carbocycles. The van der Waals surface area contributed by atoms with Crippen LogP contribution in [0.4, 0.5) is 0 Å². The molecule has 0 aromatic heterocycles. The van der Waals surface area contributed by atoms with Crippen molar-refractivity contribution in [2.24, 2.45) is 5.92 Å². The zero-order valence-corrected chi connectivity index (χ0v) is 22.8. The highest BCUT2D eigenvalue weighted by Crippen LogP contribution is 2.34. The molecule has 0 heterocycles. The van der Waals surface area contributed by atoms with Crippen LogP contribution in [0, 0.1) is 5.92 Å². The Morgan fingerprint density at radius 2 is 0.850 bits per heavy atom. The molecule has 4 aromatic rings. The van der Waals surface area contributed by atoms with Crippen LogP contribution < -0.4 is 0 Å². The van der Waals surface area contributed by atoms with E-state index in [1.54, 1.807) is 0 Å². The number of rotatable bonds is 13. The summed E-state index contributed by atoms with van der Waals surface area (Å²) in [6.45, 7) is 2.16. The molecule has 2 unspecified atom stereocenters. The van der Waals surface area contributed by atoms with Gasteiger partial charge in [0.1, 0.15) is 12.2 Å². The van der Waals surface area contributed by atoms with Crippen molar-refractivity contribution in [1.82, 2.24) is 0 Å². The molecule has 5 nitrogen and oxygen atoms in total. The second-order valence-electron chi connectivity index (χ2n) is 10.3. The molecule has 0 spiro atoms. The number of aliphatic hydroxyl groups is 1. The fourth-order valence-corrected chi connectivity index (χ4v) is 5.24. The largest absolute Gasteiger partial charge is 0.390 e. The van der Waals surface area contributed by atoms with E-state index in [-0.39, 0.29) is 12.0 Å². The van der Waals surface area contributed by atoms with Gasteiger partial charge in [-0.15, -0.1) is 0 Å². The van der Waals surface area contributed by atoms with Gasteiger partial charge in [0.05, 0.1) is 45.2 Å². The Morgan fingerprint density at radius 1 is 0.475 bits per heavy atom. The highest BCUT2D eigenvalue weighted by atomic mass is 16.6. The van der Waals surface area contributed by atoms with Gasteiger partial charge in [0.15, 0.2) is 0 Å². The molecule has 5 heteroatoms. The summed E-state index contributed by atoms with van der Waals surface area (Å²) >= 11 is 0. The third-order valence-corrected chi connectivity index (χ3v) is 7.33. The number of hydrogen-bond acceptors (Lipinski definition) is 5. The van der Waals surface area contributed by atoms with Crippen LogP contribution in [0.5, 0.6) is 0 Å². The molecule has 1 fully saturated rings. The van der Waals surface area contributed by atoms with Crippen molar-refractivity contribution in [2.75, 3.05) is 6.61 Å². The van der Waals surface area contributed by atoms with Crippen LogP contribution in [0.25, 0.3) is 0 Å². The Labute approximate surface area is 237 Å². The SMILES string of the molecule is O[C@H]1CC(COCc2ccccc2)[C@H](OCc2ccccc2)[C@H](OCc2ccccc2)C1OCc1ccccc1. The van der Waals surface area contributed by atoms with Crippen molar-refractivity contribution in [3.63, 3.8) is 0 Å². The van der Waals surface area contributed by atoms with Crippen LogP contribution in [0.3, 0.4) is 0 Å². The van der Waals surface area contributed by atoms with E-state index in [2.05, 4.69) is 24.3 Å². The van der Waals surface area contributed by atoms with E-state index < -0.39 is 18.3 Å². The van der Waals surface area contributed by atoms with Crippen molar-refractivity contribution < 1.29 is 24.1 Å². The normalized spacial score (nSPS) is 22.7. The smallest absolute Gasteiger partial charge is 0.113 e. The Hall–Kier alpha value is -3.32. The predicted molar refractivity (Wildman–Crippen MR) is 155 cm³/mol. The lowest BCUT2D eigenvalue weighted by Crippen LogP contribution is -2.57. The van der Waals surface area contributed by atoms with Crippen LogP contribution in [0.1, 0.15) is 28.7 Å². The molecule has 5 atom stereocenters. The summed E-state index contributed by atoms with van der Waals surface area (Å²) in [5.74, 6) is -0.0697. The third kappa shape index (κ3) is 8.10. The average Bonchev–Trinajstić information content (AvgIpc) is 3.01. The van der Waals surface area contributed by atoms with Gasteiger partial charge in [0, 0.05) is 5.92 Å². The minimum Gasteiger partial charge on any atom is -0.390 e. The summed E-state index contributed by atoms with van der Waals surface area (Å²) in [5, 5.41) is 11.4. The van der Waals surface area contributed by atoms with Gasteiger partial charge in [-0.05, 0) is 28.7 Å². The molecular weight excluding hydrogens is 500 g/mol. The Morgan fingerprint density at radius 3 is 1.30 bits per heavy atom. The van der Waals surface area contributed by atoms with E-state index in [4.69, 9.17) is 18.9 Å². The van der Waals surface area contributed by atoms with Gasteiger partial charge in [-0.2, -0.15) is 0 Å². The molecule has 0 saturated heterocycles. The first-order valence-corrected chi connectivity index (χ1v) is 14.0. The lowest BCUT2D eigenvalue weighted by molar-refractivity contribution is -0.224. The van der Waals surface area contributed by atoms with Crippen molar-refractivity contribution in [1.29, 1.82) is 0 Å². The molecule has 4 aromatic carbocycles. The molecule has 0 bridgehead atoms. The van der Waals surface area contributed by atoms with Gasteiger partial charge in [-0.1, -0.05) is 121 Å². The maximum absolute atomic E-state index is 11.4. The first-order chi connectivity index (χ1) is 19.8. The molecule has 208 valence electrons. The van der Waals surface area contributed by atoms with Gasteiger partial charge < -0.3 is 24.1 Å². The van der Waals surface area contributed by atoms with Crippen molar-refractivity contribution in [2.45, 2.75) is 57.3 Å². The van der Waals surface area contributed by atoms with E-state index in [1.165, 1.54) is 0 Å². The van der Waals surface area contributed by atoms with Crippen LogP contribution >= 0.6 is 0 Å². The van der Waals surface area contributed by atoms with Crippen LogP contribution in [-0.4, -0.2) is 36.1 Å². The number of benzene rings is 4. The number of ether oxygens (including phenoxy) is 4. The lowest BCUT2D eigenvalue weighted by atomic mass is 9.80. The van der Waals surface area contributed by atoms with Gasteiger partial charge >= 0.3 is 0 Å². The first-order valence-electron chi connectivity index (χ1n) is 14.0. The van der Waals surface area contributed by atoms with Crippen molar-refractivity contribution >= 4 is 0 Å². The van der Waals surface area contributed by atoms with E-state index >= 15 is 0 Å². The predicted octanol–water partition coefficient (Wildman–Crippen LogP) is 6.34. The summed E-state index contributed by atoms with van der Waals surface area (Å²) in [5.41, 5.74) is 4.30. The second kappa shape index (κ2) is 14.9. The summed E-state index contributed by atoms with van der Waals surface area (Å²) in [6.07, 6.45) is -1.58. The molecular formula is C35H38O5. The van der Waals surface area contributed by atoms with Crippen LogP contribution in [-0.2, 0) is 45.4 Å². The molecule has 1 saturated carbocycles. The van der Waals surface area contributed by atoms with Gasteiger partial charge in [-0.3, -0.25) is 0 Å². The highest BCUT2D eigenvalue weighted by molar-refractivity contribution is 5.16. The molecule has 0 radical (unpaired) electrons. The van der Waals surface area contributed by atoms with E-state index in [9.17, 15) is 5.11 Å². The molecule has 5 rings (SSSR count). The standard InChI is InChI=1S/C35H38O5/c36-32-21-31(26-37-22-27-13-5-1-6-14-27)33(38-23-28-15-7-2-8-16-28)35(40-25-30-19-11-4-12-20-30)34(32)39-24-29-17-9-3-10-18-29/h1-20,31-36H,21-26H2/t31?,32-,33-,34?,35-/m0/s1. The van der Waals surface area contributed by atoms with Crippen molar-refractivity contribution in [3.05, 3.63) is 144 Å². The van der Waals surface area contributed by atoms with E-state index in [1.807, 2.05) is 97.1 Å². The number of hydrogen-bond donors (Lipinski definition) is 1. The van der Waals surface area contributed by atoms with Gasteiger partial charge in [0.25, 0.3) is 0 Å².